The Morgan fingerprint density at radius 1 is 1.06 bits per heavy atom. The summed E-state index contributed by atoms with van der Waals surface area (Å²) >= 11 is 12.4. The number of aryl methyl sites for hydroxylation is 1. The third-order valence-corrected chi connectivity index (χ3v) is 7.94. The normalized spacial score (nSPS) is 15.7. The summed E-state index contributed by atoms with van der Waals surface area (Å²) in [6, 6.07) is 18.4. The van der Waals surface area contributed by atoms with E-state index in [-0.39, 0.29) is 34.2 Å². The Balaban J connectivity index is 1.58. The molecule has 1 amide bonds. The number of halogens is 2. The van der Waals surface area contributed by atoms with Gasteiger partial charge in [0.1, 0.15) is 10.6 Å². The van der Waals surface area contributed by atoms with Crippen LogP contribution in [-0.2, 0) is 21.4 Å². The van der Waals surface area contributed by atoms with E-state index in [1.165, 1.54) is 6.07 Å². The zero-order valence-electron chi connectivity index (χ0n) is 19.1. The molecule has 6 nitrogen and oxygen atoms in total. The van der Waals surface area contributed by atoms with Crippen LogP contribution in [0, 0.1) is 6.92 Å². The highest BCUT2D eigenvalue weighted by Gasteiger charge is 2.26. The van der Waals surface area contributed by atoms with E-state index in [4.69, 9.17) is 32.1 Å². The molecular weight excluding hydrogens is 509 g/mol. The molecule has 0 spiro atoms. The average Bonchev–Trinajstić information content (AvgIpc) is 3.31. The van der Waals surface area contributed by atoms with Crippen molar-refractivity contribution < 1.29 is 22.1 Å². The standard InChI is InChI=1S/C26H25Cl2NO5S/c1-18-7-4-13-24(28)25(18)35(31,32)34-20-9-5-8-19(15-20)16-29(17-21-10-6-14-33-21)26(30)22-11-2-3-12-23(22)27/h2-5,7-9,11-13,15,21H,6,10,14,16-17H2,1H3/t21-/m0/s1. The molecule has 0 saturated carbocycles. The van der Waals surface area contributed by atoms with Crippen LogP contribution >= 0.6 is 23.2 Å². The molecule has 3 aromatic carbocycles. The van der Waals surface area contributed by atoms with Crippen molar-refractivity contribution in [2.75, 3.05) is 13.2 Å². The van der Waals surface area contributed by atoms with E-state index >= 15 is 0 Å². The van der Waals surface area contributed by atoms with Gasteiger partial charge in [-0.3, -0.25) is 4.79 Å². The molecular formula is C26H25Cl2NO5S. The highest BCUT2D eigenvalue weighted by molar-refractivity contribution is 7.87. The predicted molar refractivity (Wildman–Crippen MR) is 136 cm³/mol. The van der Waals surface area contributed by atoms with Gasteiger partial charge < -0.3 is 13.8 Å². The van der Waals surface area contributed by atoms with Crippen LogP contribution in [0.25, 0.3) is 0 Å². The lowest BCUT2D eigenvalue weighted by atomic mass is 10.1. The molecule has 9 heteroatoms. The Bertz CT molecular complexity index is 1300. The third kappa shape index (κ3) is 6.16. The van der Waals surface area contributed by atoms with E-state index in [0.29, 0.717) is 34.9 Å². The van der Waals surface area contributed by atoms with Crippen LogP contribution in [0.4, 0.5) is 0 Å². The maximum atomic E-state index is 13.4. The molecule has 0 bridgehead atoms. The summed E-state index contributed by atoms with van der Waals surface area (Å²) in [5, 5.41) is 0.461. The second-order valence-electron chi connectivity index (χ2n) is 8.37. The highest BCUT2D eigenvalue weighted by atomic mass is 35.5. The van der Waals surface area contributed by atoms with Crippen molar-refractivity contribution in [2.45, 2.75) is 37.3 Å². The summed E-state index contributed by atoms with van der Waals surface area (Å²) in [7, 11) is -4.15. The van der Waals surface area contributed by atoms with Crippen LogP contribution in [0.3, 0.4) is 0 Å². The number of benzene rings is 3. The zero-order valence-corrected chi connectivity index (χ0v) is 21.4. The average molecular weight is 534 g/mol. The second kappa shape index (κ2) is 11.0. The molecule has 1 atom stereocenters. The molecule has 0 unspecified atom stereocenters. The van der Waals surface area contributed by atoms with Crippen molar-refractivity contribution >= 4 is 39.2 Å². The number of hydrogen-bond donors (Lipinski definition) is 0. The number of ether oxygens (including phenoxy) is 1. The number of nitrogens with zero attached hydrogens (tertiary/aromatic N) is 1. The molecule has 184 valence electrons. The van der Waals surface area contributed by atoms with Gasteiger partial charge in [0.2, 0.25) is 0 Å². The summed E-state index contributed by atoms with van der Waals surface area (Å²) in [6.45, 7) is 2.95. The lowest BCUT2D eigenvalue weighted by molar-refractivity contribution is 0.0507. The van der Waals surface area contributed by atoms with Crippen molar-refractivity contribution in [2.24, 2.45) is 0 Å². The van der Waals surface area contributed by atoms with Crippen molar-refractivity contribution in [1.82, 2.24) is 4.90 Å². The SMILES string of the molecule is Cc1cccc(Cl)c1S(=O)(=O)Oc1cccc(CN(C[C@@H]2CCCO2)C(=O)c2ccccc2Cl)c1. The van der Waals surface area contributed by atoms with Gasteiger partial charge in [0.15, 0.2) is 0 Å². The van der Waals surface area contributed by atoms with E-state index < -0.39 is 10.1 Å². The smallest absolute Gasteiger partial charge is 0.340 e. The molecule has 0 aliphatic carbocycles. The minimum atomic E-state index is -4.15. The van der Waals surface area contributed by atoms with Crippen molar-refractivity contribution in [3.8, 4) is 5.75 Å². The van der Waals surface area contributed by atoms with Crippen LogP contribution in [0.1, 0.15) is 34.3 Å². The summed E-state index contributed by atoms with van der Waals surface area (Å²) in [5.41, 5.74) is 1.59. The van der Waals surface area contributed by atoms with Crippen molar-refractivity contribution in [3.05, 3.63) is 93.5 Å². The number of carbonyl (C=O) groups is 1. The maximum absolute atomic E-state index is 13.4. The summed E-state index contributed by atoms with van der Waals surface area (Å²) < 4.78 is 37.0. The Morgan fingerprint density at radius 2 is 1.80 bits per heavy atom. The van der Waals surface area contributed by atoms with Crippen LogP contribution in [-0.4, -0.2) is 38.5 Å². The van der Waals surface area contributed by atoms with Gasteiger partial charge in [-0.15, -0.1) is 0 Å². The molecule has 1 fully saturated rings. The van der Waals surface area contributed by atoms with Gasteiger partial charge in [0.05, 0.1) is 21.7 Å². The first-order chi connectivity index (χ1) is 16.7. The minimum absolute atomic E-state index is 0.0653. The minimum Gasteiger partial charge on any atom is -0.379 e. The van der Waals surface area contributed by atoms with Gasteiger partial charge in [-0.25, -0.2) is 0 Å². The van der Waals surface area contributed by atoms with Crippen molar-refractivity contribution in [1.29, 1.82) is 0 Å². The monoisotopic (exact) mass is 533 g/mol. The first kappa shape index (κ1) is 25.5. The van der Waals surface area contributed by atoms with Crippen LogP contribution in [0.5, 0.6) is 5.75 Å². The molecule has 0 N–H and O–H groups in total. The molecule has 35 heavy (non-hydrogen) atoms. The highest BCUT2D eigenvalue weighted by Crippen LogP contribution is 2.29. The number of amides is 1. The van der Waals surface area contributed by atoms with Crippen molar-refractivity contribution in [3.63, 3.8) is 0 Å². The number of hydrogen-bond acceptors (Lipinski definition) is 5. The van der Waals surface area contributed by atoms with Gasteiger partial charge in [-0.1, -0.05) is 59.6 Å². The van der Waals surface area contributed by atoms with E-state index in [9.17, 15) is 13.2 Å². The molecule has 1 aliphatic rings. The first-order valence-electron chi connectivity index (χ1n) is 11.2. The largest absolute Gasteiger partial charge is 0.379 e. The lowest BCUT2D eigenvalue weighted by Crippen LogP contribution is -2.37. The second-order valence-corrected chi connectivity index (χ2v) is 10.7. The Labute approximate surface area is 215 Å². The first-order valence-corrected chi connectivity index (χ1v) is 13.3. The summed E-state index contributed by atoms with van der Waals surface area (Å²) in [5.74, 6) is -0.0965. The third-order valence-electron chi connectivity index (χ3n) is 5.73. The molecule has 1 aliphatic heterocycles. The molecule has 3 aromatic rings. The topological polar surface area (TPSA) is 72.9 Å². The Morgan fingerprint density at radius 3 is 2.51 bits per heavy atom. The van der Waals surface area contributed by atoms with E-state index in [1.807, 2.05) is 6.07 Å². The quantitative estimate of drug-likeness (QED) is 0.337. The van der Waals surface area contributed by atoms with Gasteiger partial charge in [0, 0.05) is 19.7 Å². The molecule has 1 saturated heterocycles. The van der Waals surface area contributed by atoms with Crippen LogP contribution < -0.4 is 4.18 Å². The molecule has 0 radical (unpaired) electrons. The molecule has 1 heterocycles. The fraction of sp³-hybridized carbons (Fsp3) is 0.269. The summed E-state index contributed by atoms with van der Waals surface area (Å²) in [4.78, 5) is 15.0. The number of rotatable bonds is 8. The van der Waals surface area contributed by atoms with E-state index in [0.717, 1.165) is 12.8 Å². The van der Waals surface area contributed by atoms with Gasteiger partial charge in [0.25, 0.3) is 5.91 Å². The fourth-order valence-corrected chi connectivity index (χ4v) is 6.01. The van der Waals surface area contributed by atoms with Crippen LogP contribution in [0.2, 0.25) is 10.0 Å². The van der Waals surface area contributed by atoms with Crippen LogP contribution in [0.15, 0.2) is 71.6 Å². The van der Waals surface area contributed by atoms with Gasteiger partial charge in [-0.2, -0.15) is 8.42 Å². The Hall–Kier alpha value is -2.58. The zero-order chi connectivity index (χ0) is 25.0. The maximum Gasteiger partial charge on any atom is 0.340 e. The van der Waals surface area contributed by atoms with Gasteiger partial charge >= 0.3 is 10.1 Å². The molecule has 0 aromatic heterocycles. The lowest BCUT2D eigenvalue weighted by Gasteiger charge is -2.26. The number of carbonyl (C=O) groups excluding carboxylic acids is 1. The summed E-state index contributed by atoms with van der Waals surface area (Å²) in [6.07, 6.45) is 1.75. The molecule has 4 rings (SSSR count). The van der Waals surface area contributed by atoms with E-state index in [1.54, 1.807) is 66.4 Å². The van der Waals surface area contributed by atoms with Gasteiger partial charge in [-0.05, 0) is 61.2 Å². The van der Waals surface area contributed by atoms with E-state index in [2.05, 4.69) is 0 Å². The Kier molecular flexibility index (Phi) is 8.02. The fourth-order valence-electron chi connectivity index (χ4n) is 4.08. The predicted octanol–water partition coefficient (Wildman–Crippen LogP) is 5.89.